The molecular formula is C18H23NO3S. The van der Waals surface area contributed by atoms with Gasteiger partial charge in [-0.1, -0.05) is 51.1 Å². The minimum absolute atomic E-state index is 0.0212. The number of hydrogen-bond donors (Lipinski definition) is 1. The zero-order chi connectivity index (χ0) is 17.1. The highest BCUT2D eigenvalue weighted by Crippen LogP contribution is 2.26. The predicted octanol–water partition coefficient (Wildman–Crippen LogP) is 3.17. The SMILES string of the molecule is CC(C)(C)c1ccc(S(=O)(=O)N(CCO)c2ccccc2)cc1. The van der Waals surface area contributed by atoms with Crippen LogP contribution in [0.25, 0.3) is 0 Å². The third-order valence-electron chi connectivity index (χ3n) is 3.66. The Bertz CT molecular complexity index is 732. The first-order valence-corrected chi connectivity index (χ1v) is 9.00. The van der Waals surface area contributed by atoms with Crippen molar-refractivity contribution in [3.63, 3.8) is 0 Å². The second-order valence-electron chi connectivity index (χ2n) is 6.41. The molecule has 0 unspecified atom stereocenters. The van der Waals surface area contributed by atoms with Crippen molar-refractivity contribution in [1.82, 2.24) is 0 Å². The van der Waals surface area contributed by atoms with E-state index in [1.807, 2.05) is 18.2 Å². The van der Waals surface area contributed by atoms with Gasteiger partial charge in [-0.25, -0.2) is 8.42 Å². The average Bonchev–Trinajstić information content (AvgIpc) is 2.52. The molecule has 23 heavy (non-hydrogen) atoms. The summed E-state index contributed by atoms with van der Waals surface area (Å²) in [6.07, 6.45) is 0. The fourth-order valence-electron chi connectivity index (χ4n) is 2.33. The van der Waals surface area contributed by atoms with Crippen molar-refractivity contribution < 1.29 is 13.5 Å². The maximum atomic E-state index is 12.9. The summed E-state index contributed by atoms with van der Waals surface area (Å²) in [6.45, 7) is 6.02. The molecule has 2 rings (SSSR count). The van der Waals surface area contributed by atoms with Crippen LogP contribution in [0.2, 0.25) is 0 Å². The Balaban J connectivity index is 2.42. The van der Waals surface area contributed by atoms with E-state index in [-0.39, 0.29) is 23.5 Å². The Morgan fingerprint density at radius 2 is 1.52 bits per heavy atom. The lowest BCUT2D eigenvalue weighted by Crippen LogP contribution is -2.33. The summed E-state index contributed by atoms with van der Waals surface area (Å²) in [4.78, 5) is 0.225. The van der Waals surface area contributed by atoms with Crippen LogP contribution in [0.1, 0.15) is 26.3 Å². The molecule has 0 aliphatic rings. The third kappa shape index (κ3) is 3.92. The summed E-state index contributed by atoms with van der Waals surface area (Å²) in [7, 11) is -3.71. The van der Waals surface area contributed by atoms with Gasteiger partial charge in [0.2, 0.25) is 0 Å². The van der Waals surface area contributed by atoms with Gasteiger partial charge in [0.25, 0.3) is 10.0 Å². The van der Waals surface area contributed by atoms with Crippen LogP contribution in [0.5, 0.6) is 0 Å². The fourth-order valence-corrected chi connectivity index (χ4v) is 3.78. The maximum Gasteiger partial charge on any atom is 0.264 e. The van der Waals surface area contributed by atoms with Crippen LogP contribution in [0.4, 0.5) is 5.69 Å². The maximum absolute atomic E-state index is 12.9. The lowest BCUT2D eigenvalue weighted by molar-refractivity contribution is 0.306. The van der Waals surface area contributed by atoms with E-state index >= 15 is 0 Å². The zero-order valence-corrected chi connectivity index (χ0v) is 14.5. The van der Waals surface area contributed by atoms with Crippen LogP contribution >= 0.6 is 0 Å². The molecule has 0 heterocycles. The topological polar surface area (TPSA) is 57.6 Å². The summed E-state index contributed by atoms with van der Waals surface area (Å²) in [5, 5.41) is 9.25. The molecular weight excluding hydrogens is 310 g/mol. The number of aliphatic hydroxyl groups excluding tert-OH is 1. The van der Waals surface area contributed by atoms with Crippen LogP contribution < -0.4 is 4.31 Å². The number of nitrogens with zero attached hydrogens (tertiary/aromatic N) is 1. The number of benzene rings is 2. The van der Waals surface area contributed by atoms with Gasteiger partial charge >= 0.3 is 0 Å². The molecule has 0 spiro atoms. The first kappa shape index (κ1) is 17.5. The van der Waals surface area contributed by atoms with E-state index < -0.39 is 10.0 Å². The molecule has 2 aromatic carbocycles. The molecule has 0 aromatic heterocycles. The highest BCUT2D eigenvalue weighted by molar-refractivity contribution is 7.92. The molecule has 0 bridgehead atoms. The van der Waals surface area contributed by atoms with Crippen molar-refractivity contribution in [3.05, 3.63) is 60.2 Å². The van der Waals surface area contributed by atoms with Crippen LogP contribution in [0, 0.1) is 0 Å². The van der Waals surface area contributed by atoms with Gasteiger partial charge in [-0.3, -0.25) is 4.31 Å². The van der Waals surface area contributed by atoms with Gasteiger partial charge in [-0.05, 0) is 35.2 Å². The summed E-state index contributed by atoms with van der Waals surface area (Å²) in [5.41, 5.74) is 1.58. The first-order valence-electron chi connectivity index (χ1n) is 7.56. The average molecular weight is 333 g/mol. The monoisotopic (exact) mass is 333 g/mol. The Hall–Kier alpha value is -1.85. The Labute approximate surface area is 138 Å². The Morgan fingerprint density at radius 1 is 0.957 bits per heavy atom. The summed E-state index contributed by atoms with van der Waals surface area (Å²) in [6, 6.07) is 15.8. The van der Waals surface area contributed by atoms with Gasteiger partial charge < -0.3 is 5.11 Å². The first-order chi connectivity index (χ1) is 10.8. The second kappa shape index (κ2) is 6.72. The lowest BCUT2D eigenvalue weighted by atomic mass is 9.87. The van der Waals surface area contributed by atoms with Gasteiger partial charge in [-0.15, -0.1) is 0 Å². The standard InChI is InChI=1S/C18H23NO3S/c1-18(2,3)15-9-11-17(12-10-15)23(21,22)19(13-14-20)16-7-5-4-6-8-16/h4-12,20H,13-14H2,1-3H3. The summed E-state index contributed by atoms with van der Waals surface area (Å²) in [5.74, 6) is 0. The number of rotatable bonds is 5. The molecule has 0 radical (unpaired) electrons. The van der Waals surface area contributed by atoms with Gasteiger partial charge in [-0.2, -0.15) is 0 Å². The van der Waals surface area contributed by atoms with Gasteiger partial charge in [0, 0.05) is 0 Å². The second-order valence-corrected chi connectivity index (χ2v) is 8.27. The molecule has 5 heteroatoms. The molecule has 0 fully saturated rings. The quantitative estimate of drug-likeness (QED) is 0.914. The minimum atomic E-state index is -3.71. The zero-order valence-electron chi connectivity index (χ0n) is 13.7. The number of hydrogen-bond acceptors (Lipinski definition) is 3. The number of para-hydroxylation sites is 1. The lowest BCUT2D eigenvalue weighted by Gasteiger charge is -2.24. The van der Waals surface area contributed by atoms with E-state index in [0.717, 1.165) is 5.56 Å². The predicted molar refractivity (Wildman–Crippen MR) is 93.2 cm³/mol. The van der Waals surface area contributed by atoms with E-state index in [1.54, 1.807) is 36.4 Å². The molecule has 2 aromatic rings. The summed E-state index contributed by atoms with van der Waals surface area (Å²) >= 11 is 0. The highest BCUT2D eigenvalue weighted by atomic mass is 32.2. The largest absolute Gasteiger partial charge is 0.394 e. The van der Waals surface area contributed by atoms with Crippen molar-refractivity contribution in [2.75, 3.05) is 17.5 Å². The molecule has 1 N–H and O–H groups in total. The van der Waals surface area contributed by atoms with E-state index in [2.05, 4.69) is 20.8 Å². The smallest absolute Gasteiger partial charge is 0.264 e. The summed E-state index contributed by atoms with van der Waals surface area (Å²) < 4.78 is 27.0. The number of sulfonamides is 1. The van der Waals surface area contributed by atoms with Crippen LogP contribution in [-0.2, 0) is 15.4 Å². The van der Waals surface area contributed by atoms with E-state index in [4.69, 9.17) is 0 Å². The van der Waals surface area contributed by atoms with Gasteiger partial charge in [0.05, 0.1) is 23.7 Å². The fraction of sp³-hybridized carbons (Fsp3) is 0.333. The molecule has 0 atom stereocenters. The van der Waals surface area contributed by atoms with Crippen LogP contribution in [0.15, 0.2) is 59.5 Å². The van der Waals surface area contributed by atoms with Crippen molar-refractivity contribution in [1.29, 1.82) is 0 Å². The normalized spacial score (nSPS) is 12.2. The molecule has 0 saturated carbocycles. The molecule has 0 saturated heterocycles. The third-order valence-corrected chi connectivity index (χ3v) is 5.50. The molecule has 4 nitrogen and oxygen atoms in total. The van der Waals surface area contributed by atoms with Crippen LogP contribution in [0.3, 0.4) is 0 Å². The number of aliphatic hydroxyl groups is 1. The van der Waals surface area contributed by atoms with E-state index in [1.165, 1.54) is 4.31 Å². The van der Waals surface area contributed by atoms with Crippen molar-refractivity contribution in [2.24, 2.45) is 0 Å². The highest BCUT2D eigenvalue weighted by Gasteiger charge is 2.25. The van der Waals surface area contributed by atoms with Gasteiger partial charge in [0.15, 0.2) is 0 Å². The molecule has 124 valence electrons. The van der Waals surface area contributed by atoms with Crippen molar-refractivity contribution in [2.45, 2.75) is 31.1 Å². The van der Waals surface area contributed by atoms with Crippen molar-refractivity contribution in [3.8, 4) is 0 Å². The van der Waals surface area contributed by atoms with Crippen LogP contribution in [-0.4, -0.2) is 26.7 Å². The molecule has 0 aliphatic carbocycles. The Morgan fingerprint density at radius 3 is 2.00 bits per heavy atom. The van der Waals surface area contributed by atoms with Gasteiger partial charge in [0.1, 0.15) is 0 Å². The van der Waals surface area contributed by atoms with Crippen molar-refractivity contribution >= 4 is 15.7 Å². The Kier molecular flexibility index (Phi) is 5.12. The molecule has 0 aliphatic heterocycles. The number of anilines is 1. The minimum Gasteiger partial charge on any atom is -0.394 e. The van der Waals surface area contributed by atoms with E-state index in [9.17, 15) is 13.5 Å². The molecule has 0 amide bonds. The van der Waals surface area contributed by atoms with E-state index in [0.29, 0.717) is 5.69 Å².